The van der Waals surface area contributed by atoms with Crippen molar-refractivity contribution < 1.29 is 60.4 Å². The van der Waals surface area contributed by atoms with E-state index in [1.54, 1.807) is 95.6 Å². The van der Waals surface area contributed by atoms with E-state index in [1.807, 2.05) is 25.0 Å². The zero-order chi connectivity index (χ0) is 56.7. The number of carbonyl (C=O) groups excluding carboxylic acids is 4. The molecule has 0 saturated carbocycles. The minimum atomic E-state index is -0.516. The van der Waals surface area contributed by atoms with Crippen molar-refractivity contribution in [2.75, 3.05) is 61.1 Å². The number of Topliss-reactive ketones (excluding diaryl/α,β-unsaturated/α-hetero) is 2. The SMILES string of the molecule is CSCCCC(=O)/C(Cc1cc(Br)c(O)c(-c2cc(C/C(=N/O)C(=O)NCCSC)cc(Br)c2O)c1)=N\O.CSCCCC(=O)/C(Cc1ccc(O)c(Br)c1)=N\O.CSCCNC(=O)/C(Cc1ccc(O)c(Br)c1)=N\O. The lowest BCUT2D eigenvalue weighted by molar-refractivity contribution is -0.115. The van der Waals surface area contributed by atoms with Gasteiger partial charge in [0.05, 0.1) is 17.9 Å². The highest BCUT2D eigenvalue weighted by molar-refractivity contribution is 9.11. The molecule has 0 saturated heterocycles. The fraction of sp³-hybridized carbons (Fsp3) is 0.360. The van der Waals surface area contributed by atoms with Crippen LogP contribution in [0.2, 0.25) is 0 Å². The van der Waals surface area contributed by atoms with Crippen molar-refractivity contribution in [2.24, 2.45) is 20.6 Å². The van der Waals surface area contributed by atoms with Crippen molar-refractivity contribution in [1.29, 1.82) is 0 Å². The minimum absolute atomic E-state index is 0.00918. The first kappa shape index (κ1) is 67.7. The number of halogens is 4. The Morgan fingerprint density at radius 3 is 1.09 bits per heavy atom. The van der Waals surface area contributed by atoms with Gasteiger partial charge in [-0.2, -0.15) is 47.0 Å². The van der Waals surface area contributed by atoms with Crippen LogP contribution >= 0.6 is 111 Å². The molecule has 0 aliphatic heterocycles. The summed E-state index contributed by atoms with van der Waals surface area (Å²) in [6.07, 6.45) is 10.3. The molecule has 4 rings (SSSR count). The summed E-state index contributed by atoms with van der Waals surface area (Å²) in [6.45, 7) is 0.940. The first-order valence-electron chi connectivity index (χ1n) is 22.7. The first-order chi connectivity index (χ1) is 36.3. The van der Waals surface area contributed by atoms with Gasteiger partial charge in [0.2, 0.25) is 0 Å². The summed E-state index contributed by atoms with van der Waals surface area (Å²) in [4.78, 5) is 48.5. The number of amides is 2. The lowest BCUT2D eigenvalue weighted by Crippen LogP contribution is -2.33. The number of ketones is 2. The van der Waals surface area contributed by atoms with E-state index in [-0.39, 0.29) is 107 Å². The second-order valence-electron chi connectivity index (χ2n) is 15.9. The molecule has 0 aliphatic rings. The average molecular weight is 1380 g/mol. The highest BCUT2D eigenvalue weighted by atomic mass is 79.9. The lowest BCUT2D eigenvalue weighted by atomic mass is 9.95. The number of hydrogen-bond acceptors (Lipinski definition) is 20. The standard InChI is InChI=1S/C25H29Br2N3O6S2.C13H16BrNO3S.C12H15BrN2O3S/c1-37-6-3-4-22(31)20(29-35)12-14-8-16(23(32)18(26)10-14)17-9-15(11-19(27)24(17)33)13-21(30-36)25(34)28-5-7-38-2;1-19-6-2-3-13(17)11(15-18)8-9-4-5-12(16)10(14)7-9;1-19-5-4-14-12(17)10(15-18)7-8-2-3-11(16)9(13)6-8/h8-11,32-33,35-36H,3-7,12-13H2,1-2H3,(H,28,34);4-5,7,16,18H,2-3,6,8H2,1H3;2-3,6,16,18H,4-5,7H2,1H3,(H,14,17)/b29-20-,30-21-;15-11-;15-10-. The van der Waals surface area contributed by atoms with Crippen LogP contribution < -0.4 is 10.6 Å². The molecule has 18 nitrogen and oxygen atoms in total. The summed E-state index contributed by atoms with van der Waals surface area (Å²) >= 11 is 19.5. The Bertz CT molecular complexity index is 2540. The number of benzene rings is 4. The summed E-state index contributed by atoms with van der Waals surface area (Å²) < 4.78 is 1.69. The maximum Gasteiger partial charge on any atom is 0.269 e. The van der Waals surface area contributed by atoms with Crippen LogP contribution in [0.1, 0.15) is 47.9 Å². The molecule has 4 aromatic carbocycles. The Labute approximate surface area is 492 Å². The van der Waals surface area contributed by atoms with Crippen LogP contribution in [0.5, 0.6) is 23.0 Å². The maximum absolute atomic E-state index is 12.5. The number of nitrogens with one attached hydrogen (secondary N) is 2. The van der Waals surface area contributed by atoms with E-state index in [0.29, 0.717) is 60.7 Å². The number of nitrogens with zero attached hydrogens (tertiary/aromatic N) is 4. The third-order valence-electron chi connectivity index (χ3n) is 10.4. The Morgan fingerprint density at radius 2 is 0.763 bits per heavy atom. The Hall–Kier alpha value is -4.44. The molecule has 0 spiro atoms. The zero-order valence-corrected chi connectivity index (χ0v) is 51.4. The van der Waals surface area contributed by atoms with Crippen molar-refractivity contribution >= 4 is 157 Å². The number of phenols is 4. The zero-order valence-electron chi connectivity index (χ0n) is 41.8. The molecule has 0 fully saturated rings. The van der Waals surface area contributed by atoms with Gasteiger partial charge in [-0.1, -0.05) is 32.8 Å². The number of thioether (sulfide) groups is 4. The normalized spacial score (nSPS) is 11.7. The number of aromatic hydroxyl groups is 4. The van der Waals surface area contributed by atoms with Gasteiger partial charge in [0.1, 0.15) is 45.8 Å². The molecule has 0 aromatic heterocycles. The van der Waals surface area contributed by atoms with E-state index >= 15 is 0 Å². The predicted molar refractivity (Wildman–Crippen MR) is 322 cm³/mol. The van der Waals surface area contributed by atoms with E-state index in [4.69, 9.17) is 10.4 Å². The van der Waals surface area contributed by atoms with Crippen LogP contribution in [0.25, 0.3) is 11.1 Å². The molecule has 0 atom stereocenters. The van der Waals surface area contributed by atoms with Crippen molar-refractivity contribution in [3.8, 4) is 34.1 Å². The molecule has 414 valence electrons. The largest absolute Gasteiger partial charge is 0.507 e. The summed E-state index contributed by atoms with van der Waals surface area (Å²) in [5.41, 5.74) is 3.20. The van der Waals surface area contributed by atoms with Crippen molar-refractivity contribution in [2.45, 2.75) is 51.4 Å². The molecule has 26 heteroatoms. The van der Waals surface area contributed by atoms with Crippen molar-refractivity contribution in [3.63, 3.8) is 0 Å². The van der Waals surface area contributed by atoms with Gasteiger partial charge < -0.3 is 51.9 Å². The quantitative estimate of drug-likeness (QED) is 0.0115. The van der Waals surface area contributed by atoms with E-state index in [0.717, 1.165) is 34.8 Å². The number of hydrogen-bond donors (Lipinski definition) is 10. The molecule has 4 aromatic rings. The van der Waals surface area contributed by atoms with Crippen LogP contribution in [-0.4, -0.2) is 149 Å². The van der Waals surface area contributed by atoms with Crippen molar-refractivity contribution in [3.05, 3.63) is 101 Å². The summed E-state index contributed by atoms with van der Waals surface area (Å²) in [5, 5.41) is 94.9. The highest BCUT2D eigenvalue weighted by Gasteiger charge is 2.22. The van der Waals surface area contributed by atoms with Crippen LogP contribution in [0.3, 0.4) is 0 Å². The molecule has 0 aliphatic carbocycles. The molecular formula is C50H60Br4N6O12S4. The molecule has 10 N–H and O–H groups in total. The molecule has 0 bridgehead atoms. The number of oxime groups is 4. The van der Waals surface area contributed by atoms with Gasteiger partial charge >= 0.3 is 0 Å². The molecule has 0 heterocycles. The Morgan fingerprint density at radius 1 is 0.447 bits per heavy atom. The third kappa shape index (κ3) is 23.7. The fourth-order valence-corrected chi connectivity index (χ4v) is 9.85. The predicted octanol–water partition coefficient (Wildman–Crippen LogP) is 10.5. The summed E-state index contributed by atoms with van der Waals surface area (Å²) in [5.74, 6) is 1.85. The van der Waals surface area contributed by atoms with E-state index in [2.05, 4.69) is 95.0 Å². The van der Waals surface area contributed by atoms with E-state index in [9.17, 15) is 50.0 Å². The number of phenolic OH excluding ortho intramolecular Hbond substituents is 4. The Balaban J connectivity index is 0.000000435. The lowest BCUT2D eigenvalue weighted by Gasteiger charge is -2.15. The maximum atomic E-state index is 12.5. The van der Waals surface area contributed by atoms with Crippen LogP contribution in [0.4, 0.5) is 0 Å². The van der Waals surface area contributed by atoms with Gasteiger partial charge in [0.25, 0.3) is 11.8 Å². The van der Waals surface area contributed by atoms with Crippen LogP contribution in [0, 0.1) is 0 Å². The van der Waals surface area contributed by atoms with Gasteiger partial charge in [0.15, 0.2) is 11.6 Å². The fourth-order valence-electron chi connectivity index (χ4n) is 6.50. The Kier molecular flexibility index (Phi) is 33.3. The average Bonchev–Trinajstić information content (AvgIpc) is 3.40. The first-order valence-corrected chi connectivity index (χ1v) is 31.5. The summed E-state index contributed by atoms with van der Waals surface area (Å²) in [6, 6.07) is 16.1. The minimum Gasteiger partial charge on any atom is -0.507 e. The van der Waals surface area contributed by atoms with E-state index in [1.165, 1.54) is 12.1 Å². The van der Waals surface area contributed by atoms with Gasteiger partial charge in [-0.3, -0.25) is 19.2 Å². The van der Waals surface area contributed by atoms with Crippen molar-refractivity contribution in [1.82, 2.24) is 10.6 Å². The van der Waals surface area contributed by atoms with Gasteiger partial charge in [0, 0.05) is 74.2 Å². The second-order valence-corrected chi connectivity index (χ2v) is 23.3. The molecular weight excluding hydrogens is 1320 g/mol. The van der Waals surface area contributed by atoms with Crippen LogP contribution in [-0.2, 0) is 44.9 Å². The molecule has 0 unspecified atom stereocenters. The smallest absolute Gasteiger partial charge is 0.269 e. The topological polar surface area (TPSA) is 304 Å². The van der Waals surface area contributed by atoms with E-state index < -0.39 is 5.91 Å². The molecule has 0 radical (unpaired) electrons. The summed E-state index contributed by atoms with van der Waals surface area (Å²) in [7, 11) is 0. The third-order valence-corrected chi connectivity index (χ3v) is 15.5. The second kappa shape index (κ2) is 37.4. The van der Waals surface area contributed by atoms with Crippen LogP contribution in [0.15, 0.2) is 99.2 Å². The van der Waals surface area contributed by atoms with Gasteiger partial charge in [-0.15, -0.1) is 0 Å². The highest BCUT2D eigenvalue weighted by Crippen LogP contribution is 2.44. The number of rotatable bonds is 27. The molecule has 76 heavy (non-hydrogen) atoms. The monoisotopic (exact) mass is 1380 g/mol. The molecule has 2 amide bonds. The number of carbonyl (C=O) groups is 4. The van der Waals surface area contributed by atoms with Gasteiger partial charge in [-0.25, -0.2) is 0 Å². The van der Waals surface area contributed by atoms with Gasteiger partial charge in [-0.05, 0) is 184 Å².